The van der Waals surface area contributed by atoms with Gasteiger partial charge in [0, 0.05) is 11.1 Å². The summed E-state index contributed by atoms with van der Waals surface area (Å²) in [5.74, 6) is -0.272. The van der Waals surface area contributed by atoms with Crippen molar-refractivity contribution < 1.29 is 28.9 Å². The van der Waals surface area contributed by atoms with Gasteiger partial charge in [0.25, 0.3) is 5.91 Å². The van der Waals surface area contributed by atoms with Crippen molar-refractivity contribution in [3.05, 3.63) is 87.5 Å². The van der Waals surface area contributed by atoms with Gasteiger partial charge in [-0.05, 0) is 74.9 Å². The molecule has 0 unspecified atom stereocenters. The fraction of sp³-hybridized carbons (Fsp3) is 0.233. The number of rotatable bonds is 8. The maximum atomic E-state index is 12.9. The van der Waals surface area contributed by atoms with Gasteiger partial charge in [0.1, 0.15) is 27.9 Å². The molecule has 1 aliphatic heterocycles. The number of benzene rings is 3. The average Bonchev–Trinajstić information content (AvgIpc) is 3.20. The molecule has 38 heavy (non-hydrogen) atoms. The van der Waals surface area contributed by atoms with E-state index in [1.807, 2.05) is 63.2 Å². The Kier molecular flexibility index (Phi) is 8.53. The van der Waals surface area contributed by atoms with E-state index in [1.165, 1.54) is 0 Å². The minimum Gasteiger partial charge on any atom is -0.506 e. The van der Waals surface area contributed by atoms with Crippen molar-refractivity contribution in [3.63, 3.8) is 0 Å². The Bertz CT molecular complexity index is 1460. The van der Waals surface area contributed by atoms with Crippen LogP contribution >= 0.6 is 11.8 Å². The number of ether oxygens (including phenoxy) is 3. The standard InChI is InChI=1S/C30H29NO6S/c1-5-35-21-14-12-19-13-15-24(36-6-2)23(22(19)16-21)17-25-27(32)26(30(34)37-7-3)29(38-25)31-28(33)20-10-8-18(4)9-11-20/h8-17,32H,5-7H2,1-4H3/b25-17-,31-29?. The molecule has 8 heteroatoms. The molecule has 0 aliphatic carbocycles. The molecule has 3 aromatic carbocycles. The van der Waals surface area contributed by atoms with Crippen LogP contribution in [-0.4, -0.2) is 41.8 Å². The minimum absolute atomic E-state index is 0.0750. The third-order valence-corrected chi connectivity index (χ3v) is 6.77. The summed E-state index contributed by atoms with van der Waals surface area (Å²) in [4.78, 5) is 30.3. The summed E-state index contributed by atoms with van der Waals surface area (Å²) in [6, 6.07) is 16.5. The van der Waals surface area contributed by atoms with E-state index in [4.69, 9.17) is 14.2 Å². The van der Waals surface area contributed by atoms with Gasteiger partial charge < -0.3 is 19.3 Å². The first-order chi connectivity index (χ1) is 18.4. The van der Waals surface area contributed by atoms with E-state index in [2.05, 4.69) is 4.99 Å². The highest BCUT2D eigenvalue weighted by Crippen LogP contribution is 2.42. The SMILES string of the molecule is CCOC(=O)C1=C(O)/C(=C/c2c(OCC)ccc3ccc(OCC)cc23)SC1=NC(=O)c1ccc(C)cc1. The van der Waals surface area contributed by atoms with Crippen LogP contribution in [0.4, 0.5) is 0 Å². The number of aliphatic imine (C=N–C) groups is 1. The highest BCUT2D eigenvalue weighted by atomic mass is 32.2. The molecule has 0 bridgehead atoms. The Morgan fingerprint density at radius 1 is 0.947 bits per heavy atom. The zero-order valence-corrected chi connectivity index (χ0v) is 22.6. The van der Waals surface area contributed by atoms with E-state index in [1.54, 1.807) is 25.1 Å². The number of fused-ring (bicyclic) bond motifs is 1. The highest BCUT2D eigenvalue weighted by Gasteiger charge is 2.34. The number of esters is 1. The zero-order chi connectivity index (χ0) is 27.2. The van der Waals surface area contributed by atoms with Crippen LogP contribution in [0.5, 0.6) is 11.5 Å². The Hall–Kier alpha value is -4.04. The molecule has 0 fully saturated rings. The van der Waals surface area contributed by atoms with Gasteiger partial charge in [-0.25, -0.2) is 9.79 Å². The Labute approximate surface area is 225 Å². The first-order valence-corrected chi connectivity index (χ1v) is 13.2. The van der Waals surface area contributed by atoms with E-state index in [0.717, 1.165) is 28.1 Å². The largest absolute Gasteiger partial charge is 0.506 e. The third kappa shape index (κ3) is 5.75. The van der Waals surface area contributed by atoms with Crippen LogP contribution in [0, 0.1) is 6.92 Å². The van der Waals surface area contributed by atoms with E-state index in [0.29, 0.717) is 40.7 Å². The molecule has 0 saturated heterocycles. The summed E-state index contributed by atoms with van der Waals surface area (Å²) in [6.45, 7) is 8.46. The average molecular weight is 532 g/mol. The lowest BCUT2D eigenvalue weighted by atomic mass is 10.0. The minimum atomic E-state index is -0.752. The number of carbonyl (C=O) groups is 2. The van der Waals surface area contributed by atoms with Gasteiger partial charge in [0.2, 0.25) is 0 Å². The number of aliphatic hydroxyl groups is 1. The lowest BCUT2D eigenvalue weighted by Gasteiger charge is -2.13. The quantitative estimate of drug-likeness (QED) is 0.325. The molecule has 0 atom stereocenters. The van der Waals surface area contributed by atoms with Gasteiger partial charge in [0.05, 0.1) is 24.7 Å². The number of aryl methyl sites for hydroxylation is 1. The summed E-state index contributed by atoms with van der Waals surface area (Å²) in [6.07, 6.45) is 1.74. The van der Waals surface area contributed by atoms with E-state index in [9.17, 15) is 14.7 Å². The molecule has 0 radical (unpaired) electrons. The third-order valence-electron chi connectivity index (χ3n) is 5.75. The van der Waals surface area contributed by atoms with Crippen molar-refractivity contribution in [2.75, 3.05) is 19.8 Å². The van der Waals surface area contributed by atoms with Crippen molar-refractivity contribution in [1.29, 1.82) is 0 Å². The van der Waals surface area contributed by atoms with Crippen LogP contribution in [0.25, 0.3) is 16.8 Å². The monoisotopic (exact) mass is 531 g/mol. The molecule has 3 aromatic rings. The summed E-state index contributed by atoms with van der Waals surface area (Å²) in [5, 5.41) is 13.0. The van der Waals surface area contributed by atoms with E-state index < -0.39 is 11.9 Å². The molecule has 4 rings (SSSR count). The van der Waals surface area contributed by atoms with E-state index in [-0.39, 0.29) is 23.0 Å². The number of thioether (sulfide) groups is 1. The first kappa shape index (κ1) is 27.0. The summed E-state index contributed by atoms with van der Waals surface area (Å²) >= 11 is 1.03. The molecule has 196 valence electrons. The second-order valence-corrected chi connectivity index (χ2v) is 9.40. The summed E-state index contributed by atoms with van der Waals surface area (Å²) in [7, 11) is 0. The van der Waals surface area contributed by atoms with Crippen molar-refractivity contribution in [2.24, 2.45) is 4.99 Å². The summed E-state index contributed by atoms with van der Waals surface area (Å²) < 4.78 is 16.8. The zero-order valence-electron chi connectivity index (χ0n) is 21.7. The molecule has 1 N–H and O–H groups in total. The lowest BCUT2D eigenvalue weighted by molar-refractivity contribution is -0.138. The van der Waals surface area contributed by atoms with Gasteiger partial charge in [0.15, 0.2) is 0 Å². The van der Waals surface area contributed by atoms with Gasteiger partial charge in [-0.1, -0.05) is 41.6 Å². The Morgan fingerprint density at radius 3 is 2.34 bits per heavy atom. The molecule has 0 spiro atoms. The molecule has 0 saturated carbocycles. The lowest BCUT2D eigenvalue weighted by Crippen LogP contribution is -2.14. The molecule has 1 heterocycles. The first-order valence-electron chi connectivity index (χ1n) is 12.4. The molecule has 0 aromatic heterocycles. The highest BCUT2D eigenvalue weighted by molar-refractivity contribution is 8.18. The number of nitrogens with zero attached hydrogens (tertiary/aromatic N) is 1. The smallest absolute Gasteiger partial charge is 0.344 e. The second kappa shape index (κ2) is 12.0. The number of aliphatic hydroxyl groups excluding tert-OH is 1. The van der Waals surface area contributed by atoms with Crippen LogP contribution in [-0.2, 0) is 9.53 Å². The van der Waals surface area contributed by atoms with Crippen molar-refractivity contribution in [1.82, 2.24) is 0 Å². The topological polar surface area (TPSA) is 94.4 Å². The predicted molar refractivity (Wildman–Crippen MR) is 151 cm³/mol. The second-order valence-electron chi connectivity index (χ2n) is 8.37. The normalized spacial score (nSPS) is 15.4. The summed E-state index contributed by atoms with van der Waals surface area (Å²) in [5.41, 5.74) is 1.94. The number of hydrogen-bond acceptors (Lipinski definition) is 7. The predicted octanol–water partition coefficient (Wildman–Crippen LogP) is 6.65. The van der Waals surface area contributed by atoms with Gasteiger partial charge >= 0.3 is 5.97 Å². The maximum absolute atomic E-state index is 12.9. The Morgan fingerprint density at radius 2 is 1.66 bits per heavy atom. The van der Waals surface area contributed by atoms with Crippen LogP contribution in [0.2, 0.25) is 0 Å². The van der Waals surface area contributed by atoms with Crippen LogP contribution in [0.15, 0.2) is 75.8 Å². The van der Waals surface area contributed by atoms with Crippen molar-refractivity contribution in [2.45, 2.75) is 27.7 Å². The fourth-order valence-corrected chi connectivity index (χ4v) is 4.96. The molecule has 1 amide bonds. The van der Waals surface area contributed by atoms with E-state index >= 15 is 0 Å². The Balaban J connectivity index is 1.85. The number of carbonyl (C=O) groups excluding carboxylic acids is 2. The van der Waals surface area contributed by atoms with Crippen molar-refractivity contribution in [3.8, 4) is 11.5 Å². The van der Waals surface area contributed by atoms with Gasteiger partial charge in [-0.2, -0.15) is 0 Å². The molecular formula is C30H29NO6S. The molecular weight excluding hydrogens is 502 g/mol. The van der Waals surface area contributed by atoms with Crippen LogP contribution in [0.3, 0.4) is 0 Å². The number of amides is 1. The molecule has 7 nitrogen and oxygen atoms in total. The fourth-order valence-electron chi connectivity index (χ4n) is 3.96. The van der Waals surface area contributed by atoms with Gasteiger partial charge in [-0.3, -0.25) is 4.79 Å². The van der Waals surface area contributed by atoms with Crippen LogP contribution in [0.1, 0.15) is 42.3 Å². The van der Waals surface area contributed by atoms with Crippen molar-refractivity contribution >= 4 is 45.5 Å². The molecule has 1 aliphatic rings. The maximum Gasteiger partial charge on any atom is 0.344 e. The van der Waals surface area contributed by atoms with Crippen LogP contribution < -0.4 is 9.47 Å². The van der Waals surface area contributed by atoms with Gasteiger partial charge in [-0.15, -0.1) is 0 Å². The number of hydrogen-bond donors (Lipinski definition) is 1.